The van der Waals surface area contributed by atoms with Crippen LogP contribution in [0.3, 0.4) is 0 Å². The standard InChI is InChI=1S/C27H31FN2O4S/c1-18-9-10-25(35(32,33)34)23(13-18)24-15-26(31)30(22-8-4-7-21(28)14-22)27(24)11-12-29(19(2)16-27)17-20-5-3-6-20/h4,7-10,13-15,19-20H,3,5-6,11-12,16-17H2,1-2H3,(H,32,33,34). The van der Waals surface area contributed by atoms with Gasteiger partial charge in [-0.3, -0.25) is 14.2 Å². The Kier molecular flexibility index (Phi) is 6.10. The van der Waals surface area contributed by atoms with Crippen molar-refractivity contribution in [3.05, 3.63) is 65.5 Å². The van der Waals surface area contributed by atoms with Crippen molar-refractivity contribution in [2.75, 3.05) is 18.0 Å². The van der Waals surface area contributed by atoms with Gasteiger partial charge < -0.3 is 4.90 Å². The molecule has 1 saturated carbocycles. The number of amides is 1. The van der Waals surface area contributed by atoms with Crippen LogP contribution in [0.15, 0.2) is 53.4 Å². The summed E-state index contributed by atoms with van der Waals surface area (Å²) in [6, 6.07) is 10.8. The third-order valence-electron chi connectivity index (χ3n) is 7.97. The third kappa shape index (κ3) is 4.32. The quantitative estimate of drug-likeness (QED) is 0.598. The van der Waals surface area contributed by atoms with Crippen molar-refractivity contribution in [3.63, 3.8) is 0 Å². The summed E-state index contributed by atoms with van der Waals surface area (Å²) < 4.78 is 48.9. The van der Waals surface area contributed by atoms with Crippen molar-refractivity contribution in [1.82, 2.24) is 4.90 Å². The van der Waals surface area contributed by atoms with E-state index in [4.69, 9.17) is 0 Å². The average Bonchev–Trinajstić information content (AvgIpc) is 3.02. The number of nitrogens with zero attached hydrogens (tertiary/aromatic N) is 2. The van der Waals surface area contributed by atoms with Gasteiger partial charge in [0.25, 0.3) is 16.0 Å². The Labute approximate surface area is 206 Å². The number of aryl methyl sites for hydroxylation is 1. The van der Waals surface area contributed by atoms with E-state index in [0.29, 0.717) is 35.6 Å². The molecule has 1 amide bonds. The molecule has 1 aliphatic carbocycles. The molecule has 2 unspecified atom stereocenters. The van der Waals surface area contributed by atoms with Crippen LogP contribution in [-0.4, -0.2) is 48.4 Å². The number of rotatable bonds is 5. The zero-order valence-electron chi connectivity index (χ0n) is 20.1. The number of benzene rings is 2. The van der Waals surface area contributed by atoms with Crippen molar-refractivity contribution in [1.29, 1.82) is 0 Å². The summed E-state index contributed by atoms with van der Waals surface area (Å²) in [4.78, 5) is 17.4. The third-order valence-corrected chi connectivity index (χ3v) is 8.89. The van der Waals surface area contributed by atoms with E-state index >= 15 is 0 Å². The highest BCUT2D eigenvalue weighted by atomic mass is 32.2. The molecule has 6 nitrogen and oxygen atoms in total. The van der Waals surface area contributed by atoms with Gasteiger partial charge in [0.1, 0.15) is 10.7 Å². The molecule has 2 aliphatic heterocycles. The maximum atomic E-state index is 14.2. The van der Waals surface area contributed by atoms with Crippen LogP contribution in [0.2, 0.25) is 0 Å². The number of halogens is 1. The lowest BCUT2D eigenvalue weighted by Gasteiger charge is -2.50. The fourth-order valence-electron chi connectivity index (χ4n) is 6.05. The maximum Gasteiger partial charge on any atom is 0.295 e. The molecule has 0 aromatic heterocycles. The van der Waals surface area contributed by atoms with Gasteiger partial charge in [-0.15, -0.1) is 0 Å². The van der Waals surface area contributed by atoms with Crippen LogP contribution in [0.25, 0.3) is 5.57 Å². The summed E-state index contributed by atoms with van der Waals surface area (Å²) in [5, 5.41) is 0. The Balaban J connectivity index is 1.63. The number of hydrogen-bond acceptors (Lipinski definition) is 4. The molecule has 1 N–H and O–H groups in total. The lowest BCUT2D eigenvalue weighted by atomic mass is 9.74. The number of likely N-dealkylation sites (tertiary alicyclic amines) is 1. The summed E-state index contributed by atoms with van der Waals surface area (Å²) in [6.07, 6.45) is 6.40. The minimum Gasteiger partial charge on any atom is -0.300 e. The smallest absolute Gasteiger partial charge is 0.295 e. The maximum absolute atomic E-state index is 14.2. The molecule has 2 heterocycles. The van der Waals surface area contributed by atoms with Gasteiger partial charge in [0, 0.05) is 36.5 Å². The first-order valence-corrected chi connectivity index (χ1v) is 13.7. The van der Waals surface area contributed by atoms with E-state index < -0.39 is 21.5 Å². The van der Waals surface area contributed by atoms with Crippen molar-refractivity contribution in [2.45, 2.75) is 62.4 Å². The Hall–Kier alpha value is -2.55. The second kappa shape index (κ2) is 8.84. The summed E-state index contributed by atoms with van der Waals surface area (Å²) >= 11 is 0. The highest BCUT2D eigenvalue weighted by molar-refractivity contribution is 7.86. The Morgan fingerprint density at radius 3 is 2.57 bits per heavy atom. The Morgan fingerprint density at radius 1 is 1.17 bits per heavy atom. The second-order valence-electron chi connectivity index (χ2n) is 10.3. The summed E-state index contributed by atoms with van der Waals surface area (Å²) in [5.41, 5.74) is 1.31. The van der Waals surface area contributed by atoms with Crippen LogP contribution >= 0.6 is 0 Å². The fourth-order valence-corrected chi connectivity index (χ4v) is 6.73. The minimum atomic E-state index is -4.53. The van der Waals surface area contributed by atoms with Gasteiger partial charge in [-0.2, -0.15) is 8.42 Å². The van der Waals surface area contributed by atoms with Crippen LogP contribution in [0.5, 0.6) is 0 Å². The zero-order valence-corrected chi connectivity index (χ0v) is 20.9. The first kappa shape index (κ1) is 24.2. The number of anilines is 1. The highest BCUT2D eigenvalue weighted by Gasteiger charge is 2.52. The molecule has 0 radical (unpaired) electrons. The molecular weight excluding hydrogens is 467 g/mol. The second-order valence-corrected chi connectivity index (χ2v) is 11.7. The first-order chi connectivity index (χ1) is 16.6. The number of carbonyl (C=O) groups is 1. The van der Waals surface area contributed by atoms with E-state index in [1.807, 2.05) is 6.92 Å². The van der Waals surface area contributed by atoms with Crippen LogP contribution < -0.4 is 4.90 Å². The van der Waals surface area contributed by atoms with Gasteiger partial charge in [0.15, 0.2) is 0 Å². The molecule has 35 heavy (non-hydrogen) atoms. The predicted molar refractivity (Wildman–Crippen MR) is 133 cm³/mol. The van der Waals surface area contributed by atoms with Gasteiger partial charge in [0.2, 0.25) is 0 Å². The van der Waals surface area contributed by atoms with Crippen LogP contribution in [-0.2, 0) is 14.9 Å². The molecule has 3 aliphatic rings. The van der Waals surface area contributed by atoms with Crippen molar-refractivity contribution in [3.8, 4) is 0 Å². The zero-order chi connectivity index (χ0) is 25.0. The van der Waals surface area contributed by atoms with Gasteiger partial charge in [-0.25, -0.2) is 4.39 Å². The van der Waals surface area contributed by atoms with Crippen LogP contribution in [0, 0.1) is 18.7 Å². The van der Waals surface area contributed by atoms with Crippen molar-refractivity contribution in [2.24, 2.45) is 5.92 Å². The van der Waals surface area contributed by atoms with Crippen LogP contribution in [0.4, 0.5) is 10.1 Å². The van der Waals surface area contributed by atoms with Gasteiger partial charge in [0.05, 0.1) is 5.54 Å². The summed E-state index contributed by atoms with van der Waals surface area (Å²) in [6.45, 7) is 5.74. The van der Waals surface area contributed by atoms with Gasteiger partial charge in [-0.05, 0) is 75.3 Å². The molecule has 2 aromatic rings. The van der Waals surface area contributed by atoms with E-state index in [2.05, 4.69) is 11.8 Å². The SMILES string of the molecule is Cc1ccc(S(=O)(=O)O)c(C2=CC(=O)N(c3cccc(F)c3)C23CCN(CC2CCC2)C(C)C3)c1. The average molecular weight is 499 g/mol. The molecule has 1 saturated heterocycles. The predicted octanol–water partition coefficient (Wildman–Crippen LogP) is 4.83. The molecule has 2 aromatic carbocycles. The van der Waals surface area contributed by atoms with E-state index in [1.54, 1.807) is 29.2 Å². The van der Waals surface area contributed by atoms with Crippen molar-refractivity contribution >= 4 is 27.3 Å². The first-order valence-electron chi connectivity index (χ1n) is 12.2. The van der Waals surface area contributed by atoms with E-state index in [1.165, 1.54) is 43.5 Å². The lowest BCUT2D eigenvalue weighted by molar-refractivity contribution is -0.114. The minimum absolute atomic E-state index is 0.133. The molecule has 8 heteroatoms. The van der Waals surface area contributed by atoms with E-state index in [-0.39, 0.29) is 16.8 Å². The fraction of sp³-hybridized carbons (Fsp3) is 0.444. The molecule has 1 spiro atoms. The molecule has 186 valence electrons. The normalized spacial score (nSPS) is 25.7. The Morgan fingerprint density at radius 2 is 1.94 bits per heavy atom. The number of carbonyl (C=O) groups excluding carboxylic acids is 1. The lowest BCUT2D eigenvalue weighted by Crippen LogP contribution is -2.58. The number of piperidine rings is 1. The van der Waals surface area contributed by atoms with Crippen molar-refractivity contribution < 1.29 is 22.2 Å². The molecule has 0 bridgehead atoms. The Bertz CT molecular complexity index is 1300. The molecular formula is C27H31FN2O4S. The largest absolute Gasteiger partial charge is 0.300 e. The molecule has 2 atom stereocenters. The van der Waals surface area contributed by atoms with E-state index in [9.17, 15) is 22.2 Å². The molecule has 2 fully saturated rings. The summed E-state index contributed by atoms with van der Waals surface area (Å²) in [5.74, 6) is -0.0504. The number of hydrogen-bond donors (Lipinski definition) is 1. The topological polar surface area (TPSA) is 77.9 Å². The van der Waals surface area contributed by atoms with Crippen LogP contribution in [0.1, 0.15) is 50.2 Å². The van der Waals surface area contributed by atoms with Gasteiger partial charge >= 0.3 is 0 Å². The molecule has 5 rings (SSSR count). The monoisotopic (exact) mass is 498 g/mol. The summed E-state index contributed by atoms with van der Waals surface area (Å²) in [7, 11) is -4.53. The van der Waals surface area contributed by atoms with E-state index in [0.717, 1.165) is 18.7 Å². The highest BCUT2D eigenvalue weighted by Crippen LogP contribution is 2.50. The van der Waals surface area contributed by atoms with Gasteiger partial charge in [-0.1, -0.05) is 30.2 Å².